The largest absolute Gasteiger partial charge is 0.454 e. The topological polar surface area (TPSA) is 54.9 Å². The van der Waals surface area contributed by atoms with Crippen molar-refractivity contribution in [3.63, 3.8) is 0 Å². The Balaban J connectivity index is 1.98. The first-order valence-electron chi connectivity index (χ1n) is 12.7. The van der Waals surface area contributed by atoms with Crippen LogP contribution in [0.25, 0.3) is 16.7 Å². The van der Waals surface area contributed by atoms with Gasteiger partial charge in [0.2, 0.25) is 0 Å². The molecular weight excluding hydrogens is 456 g/mol. The molecule has 0 atom stereocenters. The van der Waals surface area contributed by atoms with Crippen LogP contribution in [0.15, 0.2) is 122 Å². The molecule has 0 fully saturated rings. The minimum absolute atomic E-state index is 0.0769. The molecule has 0 aliphatic heterocycles. The lowest BCUT2D eigenvalue weighted by molar-refractivity contribution is -0.114. The standard InChI is InChI=1S/C33H36N2O2/c1-9-27(22-16-14-21(2)15-17-22)34-35-30(29-20-23-12-10-11-13-28(23)37-29)24-18-25(32(3,4)5)31(36)26(19-24)33(6,7)8/h9-16,18-20H,1,17H2,2-8H3/b27-22+,35-34?. The fraction of sp³-hybridized carbons (Fsp3) is 0.303. The molecule has 37 heavy (non-hydrogen) atoms. The number of furan rings is 1. The summed E-state index contributed by atoms with van der Waals surface area (Å²) in [7, 11) is 0. The molecule has 190 valence electrons. The van der Waals surface area contributed by atoms with E-state index >= 15 is 0 Å². The van der Waals surface area contributed by atoms with Gasteiger partial charge in [-0.2, -0.15) is 5.11 Å². The minimum Gasteiger partial charge on any atom is -0.454 e. The van der Waals surface area contributed by atoms with E-state index in [9.17, 15) is 4.79 Å². The van der Waals surface area contributed by atoms with Crippen molar-refractivity contribution in [2.75, 3.05) is 0 Å². The van der Waals surface area contributed by atoms with Gasteiger partial charge < -0.3 is 4.42 Å². The zero-order valence-corrected chi connectivity index (χ0v) is 23.0. The fourth-order valence-electron chi connectivity index (χ4n) is 4.40. The van der Waals surface area contributed by atoms with Gasteiger partial charge in [0, 0.05) is 22.1 Å². The van der Waals surface area contributed by atoms with Crippen LogP contribution in [0.5, 0.6) is 0 Å². The monoisotopic (exact) mass is 492 g/mol. The van der Waals surface area contributed by atoms with E-state index < -0.39 is 0 Å². The Morgan fingerprint density at radius 3 is 2.16 bits per heavy atom. The molecule has 4 nitrogen and oxygen atoms in total. The Hall–Kier alpha value is -3.79. The third-order valence-corrected chi connectivity index (χ3v) is 6.61. The highest BCUT2D eigenvalue weighted by atomic mass is 16.3. The second-order valence-corrected chi connectivity index (χ2v) is 11.7. The molecule has 2 aliphatic carbocycles. The maximum absolute atomic E-state index is 13.5. The third-order valence-electron chi connectivity index (χ3n) is 6.61. The summed E-state index contributed by atoms with van der Waals surface area (Å²) in [6.07, 6.45) is 12.7. The molecule has 1 aromatic carbocycles. The van der Waals surface area contributed by atoms with E-state index in [1.807, 2.05) is 42.5 Å². The van der Waals surface area contributed by atoms with Crippen LogP contribution in [-0.2, 0) is 4.79 Å². The van der Waals surface area contributed by atoms with Crippen LogP contribution in [0, 0.1) is 10.8 Å². The molecule has 0 saturated carbocycles. The number of allylic oxidation sites excluding steroid dienone is 11. The van der Waals surface area contributed by atoms with Crippen molar-refractivity contribution in [3.05, 3.63) is 113 Å². The quantitative estimate of drug-likeness (QED) is 0.399. The van der Waals surface area contributed by atoms with Crippen molar-refractivity contribution in [2.24, 2.45) is 21.1 Å². The normalized spacial score (nSPS) is 18.2. The van der Waals surface area contributed by atoms with Crippen LogP contribution < -0.4 is 0 Å². The number of fused-ring (bicyclic) bond motifs is 1. The number of rotatable bonds is 4. The molecule has 0 N–H and O–H groups in total. The van der Waals surface area contributed by atoms with Crippen LogP contribution >= 0.6 is 0 Å². The van der Waals surface area contributed by atoms with Crippen molar-refractivity contribution >= 4 is 22.4 Å². The first kappa shape index (κ1) is 26.3. The Morgan fingerprint density at radius 1 is 0.973 bits per heavy atom. The molecule has 0 spiro atoms. The maximum atomic E-state index is 13.5. The van der Waals surface area contributed by atoms with Gasteiger partial charge in [-0.15, -0.1) is 5.11 Å². The van der Waals surface area contributed by atoms with Crippen LogP contribution in [0.4, 0.5) is 0 Å². The molecule has 1 aromatic heterocycles. The van der Waals surface area contributed by atoms with Gasteiger partial charge in [-0.25, -0.2) is 0 Å². The zero-order valence-electron chi connectivity index (χ0n) is 23.0. The average molecular weight is 493 g/mol. The molecule has 0 saturated heterocycles. The van der Waals surface area contributed by atoms with Gasteiger partial charge in [-0.1, -0.05) is 90.1 Å². The SMILES string of the molecule is C=C/C(N=NC(=C1C=C(C(C)(C)C)C(=O)C(C(C)(C)C)=C1)c1cc2ccccc2o1)=C1/C=CC(C)=CC1. The molecular formula is C33H36N2O2. The Kier molecular flexibility index (Phi) is 7.05. The molecule has 0 amide bonds. The van der Waals surface area contributed by atoms with Crippen molar-refractivity contribution in [1.29, 1.82) is 0 Å². The number of carbonyl (C=O) groups excluding carboxylic acids is 1. The summed E-state index contributed by atoms with van der Waals surface area (Å²) in [5, 5.41) is 10.4. The minimum atomic E-state index is -0.339. The number of hydrogen-bond donors (Lipinski definition) is 0. The van der Waals surface area contributed by atoms with Crippen LogP contribution in [0.2, 0.25) is 0 Å². The van der Waals surface area contributed by atoms with E-state index in [0.29, 0.717) is 17.2 Å². The third kappa shape index (κ3) is 5.64. The molecule has 1 heterocycles. The first-order chi connectivity index (χ1) is 17.4. The van der Waals surface area contributed by atoms with Gasteiger partial charge in [-0.3, -0.25) is 4.79 Å². The lowest BCUT2D eigenvalue weighted by Gasteiger charge is -2.31. The molecule has 0 bridgehead atoms. The van der Waals surface area contributed by atoms with E-state index in [1.54, 1.807) is 6.08 Å². The summed E-state index contributed by atoms with van der Waals surface area (Å²) in [5.74, 6) is 0.680. The van der Waals surface area contributed by atoms with Gasteiger partial charge in [0.1, 0.15) is 11.3 Å². The number of para-hydroxylation sites is 1. The van der Waals surface area contributed by atoms with Gasteiger partial charge in [0.15, 0.2) is 11.5 Å². The number of Topliss-reactive ketones (excluding diaryl/α,β-unsaturated/α-hetero) is 1. The summed E-state index contributed by atoms with van der Waals surface area (Å²) < 4.78 is 6.26. The Bertz CT molecular complexity index is 1410. The number of nitrogens with zero attached hydrogens (tertiary/aromatic N) is 2. The number of azo groups is 1. The smallest absolute Gasteiger partial charge is 0.186 e. The van der Waals surface area contributed by atoms with Crippen molar-refractivity contribution in [2.45, 2.75) is 54.9 Å². The highest BCUT2D eigenvalue weighted by molar-refractivity contribution is 6.12. The summed E-state index contributed by atoms with van der Waals surface area (Å²) in [5.41, 5.74) is 5.96. The average Bonchev–Trinajstić information content (AvgIpc) is 3.25. The summed E-state index contributed by atoms with van der Waals surface area (Å²) in [6.45, 7) is 18.4. The highest BCUT2D eigenvalue weighted by Gasteiger charge is 2.35. The second kappa shape index (κ2) is 9.93. The van der Waals surface area contributed by atoms with Crippen molar-refractivity contribution in [3.8, 4) is 0 Å². The number of ketones is 1. The Labute approximate surface area is 220 Å². The van der Waals surface area contributed by atoms with Crippen LogP contribution in [0.1, 0.15) is 60.6 Å². The van der Waals surface area contributed by atoms with Crippen LogP contribution in [0.3, 0.4) is 0 Å². The molecule has 2 aromatic rings. The summed E-state index contributed by atoms with van der Waals surface area (Å²) in [4.78, 5) is 13.5. The molecule has 4 rings (SSSR count). The van der Waals surface area contributed by atoms with Gasteiger partial charge in [0.25, 0.3) is 0 Å². The maximum Gasteiger partial charge on any atom is 0.186 e. The lowest BCUT2D eigenvalue weighted by atomic mass is 9.71. The molecule has 4 heteroatoms. The number of carbonyl (C=O) groups is 1. The lowest BCUT2D eigenvalue weighted by Crippen LogP contribution is -2.28. The van der Waals surface area contributed by atoms with Gasteiger partial charge in [-0.05, 0) is 60.1 Å². The fourth-order valence-corrected chi connectivity index (χ4v) is 4.40. The van der Waals surface area contributed by atoms with E-state index in [0.717, 1.165) is 39.7 Å². The summed E-state index contributed by atoms with van der Waals surface area (Å²) in [6, 6.07) is 9.86. The van der Waals surface area contributed by atoms with Crippen molar-refractivity contribution < 1.29 is 9.21 Å². The first-order valence-corrected chi connectivity index (χ1v) is 12.7. The van der Waals surface area contributed by atoms with E-state index in [-0.39, 0.29) is 16.6 Å². The van der Waals surface area contributed by atoms with E-state index in [4.69, 9.17) is 9.53 Å². The Morgan fingerprint density at radius 2 is 1.62 bits per heavy atom. The number of benzene rings is 1. The van der Waals surface area contributed by atoms with Gasteiger partial charge in [0.05, 0.1) is 5.70 Å². The van der Waals surface area contributed by atoms with E-state index in [2.05, 4.69) is 78.4 Å². The van der Waals surface area contributed by atoms with E-state index in [1.165, 1.54) is 5.57 Å². The zero-order chi connectivity index (χ0) is 27.0. The van der Waals surface area contributed by atoms with Crippen molar-refractivity contribution in [1.82, 2.24) is 0 Å². The molecule has 2 aliphatic rings. The number of hydrogen-bond acceptors (Lipinski definition) is 4. The predicted octanol–water partition coefficient (Wildman–Crippen LogP) is 9.47. The second-order valence-electron chi connectivity index (χ2n) is 11.7. The molecule has 0 radical (unpaired) electrons. The highest BCUT2D eigenvalue weighted by Crippen LogP contribution is 2.41. The van der Waals surface area contributed by atoms with Crippen LogP contribution in [-0.4, -0.2) is 5.78 Å². The predicted molar refractivity (Wildman–Crippen MR) is 153 cm³/mol. The molecule has 0 unspecified atom stereocenters. The summed E-state index contributed by atoms with van der Waals surface area (Å²) >= 11 is 0. The van der Waals surface area contributed by atoms with Gasteiger partial charge >= 0.3 is 0 Å².